The normalized spacial score (nSPS) is 9.87. The third-order valence-corrected chi connectivity index (χ3v) is 2.17. The molecule has 15 heavy (non-hydrogen) atoms. The van der Waals surface area contributed by atoms with Gasteiger partial charge in [0.25, 0.3) is 0 Å². The highest BCUT2D eigenvalue weighted by Gasteiger charge is 2.07. The van der Waals surface area contributed by atoms with Gasteiger partial charge < -0.3 is 20.1 Å². The summed E-state index contributed by atoms with van der Waals surface area (Å²) in [6.07, 6.45) is 0. The topological polar surface area (TPSA) is 42.5 Å². The number of methoxy groups -OCH3 is 2. The average Bonchev–Trinajstić information content (AvgIpc) is 2.26. The first-order chi connectivity index (χ1) is 7.22. The molecule has 0 atom stereocenters. The van der Waals surface area contributed by atoms with Crippen molar-refractivity contribution in [1.82, 2.24) is 5.32 Å². The zero-order valence-electron chi connectivity index (χ0n) is 9.68. The lowest BCUT2D eigenvalue weighted by Crippen LogP contribution is -2.17. The van der Waals surface area contributed by atoms with Gasteiger partial charge in [-0.1, -0.05) is 0 Å². The highest BCUT2D eigenvalue weighted by molar-refractivity contribution is 5.62. The third kappa shape index (κ3) is 2.76. The van der Waals surface area contributed by atoms with Crippen LogP contribution in [0.25, 0.3) is 0 Å². The third-order valence-electron chi connectivity index (χ3n) is 2.17. The molecule has 4 heteroatoms. The fraction of sp³-hybridized carbons (Fsp3) is 0.455. The molecular weight excluding hydrogens is 192 g/mol. The Balaban J connectivity index is 2.99. The Kier molecular flexibility index (Phi) is 4.24. The minimum absolute atomic E-state index is 0.683. The number of aryl methyl sites for hydroxylation is 1. The molecule has 4 nitrogen and oxygen atoms in total. The van der Waals surface area contributed by atoms with Crippen molar-refractivity contribution in [3.63, 3.8) is 0 Å². The Morgan fingerprint density at radius 3 is 2.33 bits per heavy atom. The monoisotopic (exact) mass is 210 g/mol. The number of hydrogen-bond donors (Lipinski definition) is 2. The van der Waals surface area contributed by atoms with E-state index in [0.717, 1.165) is 22.7 Å². The van der Waals surface area contributed by atoms with E-state index in [1.807, 2.05) is 26.1 Å². The second-order valence-electron chi connectivity index (χ2n) is 3.23. The lowest BCUT2D eigenvalue weighted by Gasteiger charge is -2.14. The average molecular weight is 210 g/mol. The van der Waals surface area contributed by atoms with E-state index >= 15 is 0 Å². The maximum Gasteiger partial charge on any atom is 0.142 e. The molecule has 84 valence electrons. The van der Waals surface area contributed by atoms with Crippen molar-refractivity contribution < 1.29 is 9.47 Å². The van der Waals surface area contributed by atoms with Gasteiger partial charge in [-0.05, 0) is 25.6 Å². The minimum atomic E-state index is 0.683. The van der Waals surface area contributed by atoms with Crippen LogP contribution >= 0.6 is 0 Å². The van der Waals surface area contributed by atoms with Crippen molar-refractivity contribution in [2.75, 3.05) is 33.3 Å². The number of ether oxygens (including phenoxy) is 2. The first-order valence-corrected chi connectivity index (χ1v) is 4.84. The molecule has 1 aromatic carbocycles. The molecule has 0 unspecified atom stereocenters. The molecule has 0 bridgehead atoms. The first kappa shape index (κ1) is 11.7. The SMILES string of the molecule is CNCNc1cc(OC)c(C)cc1OC. The molecule has 0 saturated carbocycles. The number of rotatable bonds is 5. The number of hydrogen-bond acceptors (Lipinski definition) is 4. The van der Waals surface area contributed by atoms with Gasteiger partial charge in [-0.25, -0.2) is 0 Å². The van der Waals surface area contributed by atoms with Gasteiger partial charge in [-0.3, -0.25) is 0 Å². The van der Waals surface area contributed by atoms with Crippen LogP contribution in [0.2, 0.25) is 0 Å². The van der Waals surface area contributed by atoms with Crippen molar-refractivity contribution >= 4 is 5.69 Å². The highest BCUT2D eigenvalue weighted by Crippen LogP contribution is 2.31. The highest BCUT2D eigenvalue weighted by atomic mass is 16.5. The van der Waals surface area contributed by atoms with Crippen LogP contribution in [0.5, 0.6) is 11.5 Å². The summed E-state index contributed by atoms with van der Waals surface area (Å²) >= 11 is 0. The van der Waals surface area contributed by atoms with Crippen molar-refractivity contribution in [3.8, 4) is 11.5 Å². The summed E-state index contributed by atoms with van der Waals surface area (Å²) in [4.78, 5) is 0. The maximum absolute atomic E-state index is 5.28. The molecule has 0 fully saturated rings. The lowest BCUT2D eigenvalue weighted by molar-refractivity contribution is 0.402. The smallest absolute Gasteiger partial charge is 0.142 e. The van der Waals surface area contributed by atoms with Gasteiger partial charge in [-0.2, -0.15) is 0 Å². The quantitative estimate of drug-likeness (QED) is 0.724. The molecule has 1 aromatic rings. The summed E-state index contributed by atoms with van der Waals surface area (Å²) in [5, 5.41) is 6.21. The van der Waals surface area contributed by atoms with Gasteiger partial charge >= 0.3 is 0 Å². The van der Waals surface area contributed by atoms with Gasteiger partial charge in [0.2, 0.25) is 0 Å². The predicted octanol–water partition coefficient (Wildman–Crippen LogP) is 1.60. The summed E-state index contributed by atoms with van der Waals surface area (Å²) in [6.45, 7) is 2.67. The Bertz CT molecular complexity index is 327. The molecule has 0 spiro atoms. The number of benzene rings is 1. The minimum Gasteiger partial charge on any atom is -0.496 e. The second-order valence-corrected chi connectivity index (χ2v) is 3.23. The van der Waals surface area contributed by atoms with E-state index in [9.17, 15) is 0 Å². The Morgan fingerprint density at radius 1 is 1.13 bits per heavy atom. The van der Waals surface area contributed by atoms with Crippen LogP contribution < -0.4 is 20.1 Å². The molecule has 0 aliphatic rings. The fourth-order valence-corrected chi connectivity index (χ4v) is 1.37. The van der Waals surface area contributed by atoms with Crippen LogP contribution in [0.3, 0.4) is 0 Å². The van der Waals surface area contributed by atoms with Crippen LogP contribution in [-0.4, -0.2) is 27.9 Å². The summed E-state index contributed by atoms with van der Waals surface area (Å²) < 4.78 is 10.5. The Hall–Kier alpha value is -1.42. The van der Waals surface area contributed by atoms with E-state index < -0.39 is 0 Å². The van der Waals surface area contributed by atoms with E-state index in [2.05, 4.69) is 10.6 Å². The summed E-state index contributed by atoms with van der Waals surface area (Å²) in [5.41, 5.74) is 1.98. The van der Waals surface area contributed by atoms with Gasteiger partial charge in [0.1, 0.15) is 11.5 Å². The van der Waals surface area contributed by atoms with Crippen LogP contribution in [0.4, 0.5) is 5.69 Å². The molecule has 0 aromatic heterocycles. The number of anilines is 1. The largest absolute Gasteiger partial charge is 0.496 e. The van der Waals surface area contributed by atoms with Gasteiger partial charge in [-0.15, -0.1) is 0 Å². The Labute approximate surface area is 90.6 Å². The van der Waals surface area contributed by atoms with Gasteiger partial charge in [0.05, 0.1) is 26.6 Å². The van der Waals surface area contributed by atoms with Gasteiger partial charge in [0, 0.05) is 6.07 Å². The van der Waals surface area contributed by atoms with E-state index in [4.69, 9.17) is 9.47 Å². The molecule has 2 N–H and O–H groups in total. The molecule has 0 aliphatic carbocycles. The lowest BCUT2D eigenvalue weighted by atomic mass is 10.2. The van der Waals surface area contributed by atoms with Crippen LogP contribution in [0, 0.1) is 6.92 Å². The van der Waals surface area contributed by atoms with Crippen molar-refractivity contribution in [1.29, 1.82) is 0 Å². The predicted molar refractivity (Wildman–Crippen MR) is 61.8 cm³/mol. The van der Waals surface area contributed by atoms with Crippen molar-refractivity contribution in [2.24, 2.45) is 0 Å². The molecule has 0 aliphatic heterocycles. The van der Waals surface area contributed by atoms with Crippen molar-refractivity contribution in [3.05, 3.63) is 17.7 Å². The van der Waals surface area contributed by atoms with Gasteiger partial charge in [0.15, 0.2) is 0 Å². The molecule has 0 amide bonds. The standard InChI is InChI=1S/C11H18N2O2/c1-8-5-11(15-4)9(13-7-12-2)6-10(8)14-3/h5-6,12-13H,7H2,1-4H3. The molecule has 0 heterocycles. The van der Waals surface area contributed by atoms with E-state index in [0.29, 0.717) is 6.67 Å². The zero-order chi connectivity index (χ0) is 11.3. The van der Waals surface area contributed by atoms with Crippen LogP contribution in [0.1, 0.15) is 5.56 Å². The number of nitrogens with one attached hydrogen (secondary N) is 2. The summed E-state index contributed by atoms with van der Waals surface area (Å²) in [5.74, 6) is 1.68. The Morgan fingerprint density at radius 2 is 1.80 bits per heavy atom. The first-order valence-electron chi connectivity index (χ1n) is 4.84. The van der Waals surface area contributed by atoms with E-state index in [-0.39, 0.29) is 0 Å². The molecular formula is C11H18N2O2. The molecule has 1 rings (SSSR count). The van der Waals surface area contributed by atoms with Crippen LogP contribution in [-0.2, 0) is 0 Å². The van der Waals surface area contributed by atoms with Crippen molar-refractivity contribution in [2.45, 2.75) is 6.92 Å². The maximum atomic E-state index is 5.28. The summed E-state index contributed by atoms with van der Waals surface area (Å²) in [7, 11) is 5.20. The second kappa shape index (κ2) is 5.46. The molecule has 0 radical (unpaired) electrons. The van der Waals surface area contributed by atoms with E-state index in [1.165, 1.54) is 0 Å². The molecule has 0 saturated heterocycles. The summed E-state index contributed by atoms with van der Waals surface area (Å²) in [6, 6.07) is 3.89. The zero-order valence-corrected chi connectivity index (χ0v) is 9.68. The van der Waals surface area contributed by atoms with E-state index in [1.54, 1.807) is 14.2 Å². The van der Waals surface area contributed by atoms with Crippen LogP contribution in [0.15, 0.2) is 12.1 Å². The fourth-order valence-electron chi connectivity index (χ4n) is 1.37.